The first-order chi connectivity index (χ1) is 15.9. The molecule has 0 atom stereocenters. The van der Waals surface area contributed by atoms with Crippen LogP contribution in [0.15, 0.2) is 92.3 Å². The molecule has 0 aliphatic carbocycles. The van der Waals surface area contributed by atoms with Crippen molar-refractivity contribution in [1.29, 1.82) is 0 Å². The maximum Gasteiger partial charge on any atom is 0.266 e. The van der Waals surface area contributed by atoms with Crippen LogP contribution in [-0.2, 0) is 4.79 Å². The second kappa shape index (κ2) is 10.3. The van der Waals surface area contributed by atoms with Crippen molar-refractivity contribution in [3.63, 3.8) is 0 Å². The van der Waals surface area contributed by atoms with E-state index in [1.165, 1.54) is 16.3 Å². The van der Waals surface area contributed by atoms with Gasteiger partial charge < -0.3 is 0 Å². The van der Waals surface area contributed by atoms with E-state index in [4.69, 9.17) is 11.6 Å². The Labute approximate surface area is 207 Å². The molecule has 6 nitrogen and oxygen atoms in total. The van der Waals surface area contributed by atoms with Crippen molar-refractivity contribution in [2.24, 2.45) is 5.10 Å². The van der Waals surface area contributed by atoms with Gasteiger partial charge in [0.1, 0.15) is 0 Å². The molecular weight excluding hydrogens is 524 g/mol. The quantitative estimate of drug-likeness (QED) is 0.153. The Kier molecular flexibility index (Phi) is 7.27. The number of hydrogen-bond acceptors (Lipinski definition) is 5. The van der Waals surface area contributed by atoms with Crippen LogP contribution in [0.2, 0.25) is 5.02 Å². The van der Waals surface area contributed by atoms with Crippen molar-refractivity contribution >= 4 is 61.8 Å². The predicted molar refractivity (Wildman–Crippen MR) is 138 cm³/mol. The highest BCUT2D eigenvalue weighted by Gasteiger charge is 2.15. The zero-order valence-electron chi connectivity index (χ0n) is 17.5. The van der Waals surface area contributed by atoms with E-state index in [1.54, 1.807) is 37.3 Å². The van der Waals surface area contributed by atoms with Gasteiger partial charge in [0.05, 0.1) is 28.1 Å². The molecule has 3 aromatic carbocycles. The number of nitrogens with zero attached hydrogens (tertiary/aromatic N) is 3. The highest BCUT2D eigenvalue weighted by Crippen LogP contribution is 2.22. The molecule has 4 aromatic rings. The lowest BCUT2D eigenvalue weighted by Crippen LogP contribution is -2.24. The van der Waals surface area contributed by atoms with Crippen LogP contribution in [0.5, 0.6) is 0 Å². The van der Waals surface area contributed by atoms with Crippen LogP contribution >= 0.6 is 39.3 Å². The van der Waals surface area contributed by atoms with E-state index in [0.717, 1.165) is 10.0 Å². The van der Waals surface area contributed by atoms with Gasteiger partial charge in [0.15, 0.2) is 5.16 Å². The van der Waals surface area contributed by atoms with Gasteiger partial charge in [-0.3, -0.25) is 14.2 Å². The summed E-state index contributed by atoms with van der Waals surface area (Å²) in [6.07, 6.45) is 0. The first-order valence-electron chi connectivity index (χ1n) is 9.92. The van der Waals surface area contributed by atoms with Gasteiger partial charge in [-0.1, -0.05) is 63.6 Å². The van der Waals surface area contributed by atoms with Crippen molar-refractivity contribution in [1.82, 2.24) is 15.0 Å². The molecule has 33 heavy (non-hydrogen) atoms. The van der Waals surface area contributed by atoms with Crippen LogP contribution in [-0.4, -0.2) is 26.9 Å². The summed E-state index contributed by atoms with van der Waals surface area (Å²) in [5.41, 5.74) is 5.12. The molecule has 4 rings (SSSR count). The predicted octanol–water partition coefficient (Wildman–Crippen LogP) is 5.43. The topological polar surface area (TPSA) is 76.3 Å². The molecule has 0 bridgehead atoms. The number of benzene rings is 3. The number of thioether (sulfide) groups is 1. The maximum absolute atomic E-state index is 13.2. The van der Waals surface area contributed by atoms with Gasteiger partial charge in [-0.2, -0.15) is 5.10 Å². The molecule has 1 amide bonds. The number of aromatic nitrogens is 2. The Morgan fingerprint density at radius 3 is 2.52 bits per heavy atom. The molecule has 0 aliphatic rings. The molecule has 1 aromatic heterocycles. The minimum absolute atomic E-state index is 0.0404. The van der Waals surface area contributed by atoms with Crippen LogP contribution in [0.4, 0.5) is 0 Å². The molecule has 0 unspecified atom stereocenters. The smallest absolute Gasteiger partial charge is 0.266 e. The van der Waals surface area contributed by atoms with E-state index in [9.17, 15) is 9.59 Å². The van der Waals surface area contributed by atoms with E-state index in [-0.39, 0.29) is 17.2 Å². The molecule has 166 valence electrons. The summed E-state index contributed by atoms with van der Waals surface area (Å²) in [4.78, 5) is 30.4. The third-order valence-electron chi connectivity index (χ3n) is 4.77. The number of hydrazone groups is 1. The Morgan fingerprint density at radius 2 is 1.79 bits per heavy atom. The van der Waals surface area contributed by atoms with Crippen molar-refractivity contribution in [3.05, 3.63) is 98.2 Å². The third kappa shape index (κ3) is 5.52. The lowest BCUT2D eigenvalue weighted by atomic mass is 10.1. The van der Waals surface area contributed by atoms with Gasteiger partial charge in [-0.05, 0) is 61.0 Å². The first kappa shape index (κ1) is 23.2. The number of halogens is 2. The number of rotatable bonds is 6. The van der Waals surface area contributed by atoms with E-state index in [1.807, 2.05) is 42.5 Å². The van der Waals surface area contributed by atoms with Crippen molar-refractivity contribution in [3.8, 4) is 5.69 Å². The number of nitrogens with one attached hydrogen (secondary N) is 1. The minimum Gasteiger partial charge on any atom is -0.272 e. The fraction of sp³-hybridized carbons (Fsp3) is 0.0833. The summed E-state index contributed by atoms with van der Waals surface area (Å²) in [5.74, 6) is -0.267. The van der Waals surface area contributed by atoms with E-state index in [0.29, 0.717) is 32.5 Å². The van der Waals surface area contributed by atoms with Crippen LogP contribution in [0.25, 0.3) is 16.6 Å². The van der Waals surface area contributed by atoms with E-state index >= 15 is 0 Å². The SMILES string of the molecule is C/C(=N/NC(=O)CSc1nc2ccccc2c(=O)n1-c1ccc(Br)cc1)c1ccc(Cl)cc1. The molecule has 0 spiro atoms. The summed E-state index contributed by atoms with van der Waals surface area (Å²) in [6, 6.07) is 21.7. The molecule has 0 radical (unpaired) electrons. The number of carbonyl (C=O) groups is 1. The van der Waals surface area contributed by atoms with Crippen molar-refractivity contribution in [2.45, 2.75) is 12.1 Å². The minimum atomic E-state index is -0.307. The first-order valence-corrected chi connectivity index (χ1v) is 12.1. The average molecular weight is 542 g/mol. The van der Waals surface area contributed by atoms with Crippen molar-refractivity contribution in [2.75, 3.05) is 5.75 Å². The summed E-state index contributed by atoms with van der Waals surface area (Å²) < 4.78 is 2.42. The van der Waals surface area contributed by atoms with Gasteiger partial charge in [0.2, 0.25) is 0 Å². The second-order valence-electron chi connectivity index (χ2n) is 7.06. The highest BCUT2D eigenvalue weighted by atomic mass is 79.9. The number of hydrogen-bond donors (Lipinski definition) is 1. The second-order valence-corrected chi connectivity index (χ2v) is 9.35. The molecular formula is C24H18BrClN4O2S. The lowest BCUT2D eigenvalue weighted by Gasteiger charge is -2.13. The molecule has 0 saturated heterocycles. The fourth-order valence-electron chi connectivity index (χ4n) is 3.09. The van der Waals surface area contributed by atoms with Gasteiger partial charge in [0, 0.05) is 9.50 Å². The third-order valence-corrected chi connectivity index (χ3v) is 6.49. The van der Waals surface area contributed by atoms with E-state index in [2.05, 4.69) is 31.4 Å². The van der Waals surface area contributed by atoms with Gasteiger partial charge in [0.25, 0.3) is 11.5 Å². The average Bonchev–Trinajstić information content (AvgIpc) is 2.82. The molecule has 0 aliphatic heterocycles. The normalized spacial score (nSPS) is 11.5. The Balaban J connectivity index is 1.57. The molecule has 1 heterocycles. The summed E-state index contributed by atoms with van der Waals surface area (Å²) in [5, 5.41) is 5.73. The van der Waals surface area contributed by atoms with Gasteiger partial charge in [-0.25, -0.2) is 10.4 Å². The Morgan fingerprint density at radius 1 is 1.09 bits per heavy atom. The zero-order chi connectivity index (χ0) is 23.4. The Hall–Kier alpha value is -2.94. The van der Waals surface area contributed by atoms with E-state index < -0.39 is 0 Å². The molecule has 0 fully saturated rings. The van der Waals surface area contributed by atoms with Gasteiger partial charge >= 0.3 is 0 Å². The number of amides is 1. The van der Waals surface area contributed by atoms with Crippen LogP contribution in [0, 0.1) is 0 Å². The Bertz CT molecular complexity index is 1400. The summed E-state index contributed by atoms with van der Waals surface area (Å²) in [6.45, 7) is 1.80. The van der Waals surface area contributed by atoms with Gasteiger partial charge in [-0.15, -0.1) is 0 Å². The fourth-order valence-corrected chi connectivity index (χ4v) is 4.29. The van der Waals surface area contributed by atoms with Crippen LogP contribution in [0.3, 0.4) is 0 Å². The molecule has 9 heteroatoms. The number of para-hydroxylation sites is 1. The number of fused-ring (bicyclic) bond motifs is 1. The largest absolute Gasteiger partial charge is 0.272 e. The molecule has 1 N–H and O–H groups in total. The number of carbonyl (C=O) groups excluding carboxylic acids is 1. The molecule has 0 saturated carbocycles. The van der Waals surface area contributed by atoms with Crippen molar-refractivity contribution < 1.29 is 4.79 Å². The summed E-state index contributed by atoms with van der Waals surface area (Å²) in [7, 11) is 0. The lowest BCUT2D eigenvalue weighted by molar-refractivity contribution is -0.118. The monoisotopic (exact) mass is 540 g/mol. The standard InChI is InChI=1S/C24H18BrClN4O2S/c1-15(16-6-10-18(26)11-7-16)28-29-22(31)14-33-24-27-21-5-3-2-4-20(21)23(32)30(24)19-12-8-17(25)9-13-19/h2-13H,14H2,1H3,(H,29,31)/b28-15-. The maximum atomic E-state index is 13.2. The van der Waals surface area contributed by atoms with Crippen LogP contribution < -0.4 is 11.0 Å². The van der Waals surface area contributed by atoms with Crippen LogP contribution in [0.1, 0.15) is 12.5 Å². The summed E-state index contributed by atoms with van der Waals surface area (Å²) >= 11 is 10.5. The highest BCUT2D eigenvalue weighted by molar-refractivity contribution is 9.10. The zero-order valence-corrected chi connectivity index (χ0v) is 20.6.